The Hall–Kier alpha value is -3.42. The number of ether oxygens (including phenoxy) is 1. The highest BCUT2D eigenvalue weighted by molar-refractivity contribution is 6.08. The van der Waals surface area contributed by atoms with E-state index in [0.717, 1.165) is 47.6 Å². The molecule has 1 aliphatic carbocycles. The molecule has 0 bridgehead atoms. The largest absolute Gasteiger partial charge is 0.497 e. The number of carbonyl (C=O) groups is 3. The Bertz CT molecular complexity index is 1070. The molecule has 0 radical (unpaired) electrons. The molecule has 2 aromatic rings. The fraction of sp³-hybridized carbons (Fsp3) is 0.417. The maximum absolute atomic E-state index is 13.3. The maximum atomic E-state index is 13.3. The Morgan fingerprint density at radius 2 is 1.94 bits per heavy atom. The van der Waals surface area contributed by atoms with Crippen molar-refractivity contribution in [1.82, 2.24) is 9.91 Å². The highest BCUT2D eigenvalue weighted by Crippen LogP contribution is 2.47. The summed E-state index contributed by atoms with van der Waals surface area (Å²) in [5.41, 5.74) is 1.00. The summed E-state index contributed by atoms with van der Waals surface area (Å²) in [6.45, 7) is -0.296. The molecule has 5 rings (SSSR count). The quantitative estimate of drug-likeness (QED) is 0.672. The van der Waals surface area contributed by atoms with E-state index in [4.69, 9.17) is 9.15 Å². The number of hydrazone groups is 1. The number of hydrogen-bond acceptors (Lipinski definition) is 6. The van der Waals surface area contributed by atoms with Crippen molar-refractivity contribution >= 4 is 23.4 Å². The molecule has 32 heavy (non-hydrogen) atoms. The smallest absolute Gasteiger partial charge is 0.263 e. The van der Waals surface area contributed by atoms with Crippen LogP contribution in [0.15, 0.2) is 52.2 Å². The summed E-state index contributed by atoms with van der Waals surface area (Å²) in [5.74, 6) is 0.471. The molecule has 1 saturated carbocycles. The summed E-state index contributed by atoms with van der Waals surface area (Å²) < 4.78 is 10.8. The van der Waals surface area contributed by atoms with Crippen molar-refractivity contribution in [1.29, 1.82) is 0 Å². The topological polar surface area (TPSA) is 92.4 Å². The number of amides is 3. The van der Waals surface area contributed by atoms with Crippen LogP contribution in [0.1, 0.15) is 55.9 Å². The van der Waals surface area contributed by atoms with Gasteiger partial charge in [0.05, 0.1) is 24.5 Å². The third-order valence-electron chi connectivity index (χ3n) is 6.80. The molecule has 166 valence electrons. The van der Waals surface area contributed by atoms with Crippen molar-refractivity contribution < 1.29 is 23.5 Å². The summed E-state index contributed by atoms with van der Waals surface area (Å²) in [6.07, 6.45) is 5.58. The number of carbonyl (C=O) groups excluding carboxylic acids is 3. The highest BCUT2D eigenvalue weighted by atomic mass is 16.5. The van der Waals surface area contributed by atoms with Crippen molar-refractivity contribution in [2.75, 3.05) is 13.7 Å². The molecule has 1 spiro atoms. The van der Waals surface area contributed by atoms with Crippen LogP contribution in [-0.2, 0) is 14.4 Å². The van der Waals surface area contributed by atoms with Crippen LogP contribution < -0.4 is 4.74 Å². The van der Waals surface area contributed by atoms with Crippen LogP contribution in [0.4, 0.5) is 0 Å². The zero-order valence-electron chi connectivity index (χ0n) is 18.0. The number of likely N-dealkylation sites (tertiary alicyclic amines) is 1. The molecule has 0 N–H and O–H groups in total. The lowest BCUT2D eigenvalue weighted by Gasteiger charge is -2.24. The lowest BCUT2D eigenvalue weighted by molar-refractivity contribution is -0.148. The first-order valence-electron chi connectivity index (χ1n) is 10.9. The minimum Gasteiger partial charge on any atom is -0.497 e. The zero-order valence-corrected chi connectivity index (χ0v) is 18.0. The van der Waals surface area contributed by atoms with Gasteiger partial charge in [-0.25, -0.2) is 5.01 Å². The summed E-state index contributed by atoms with van der Waals surface area (Å²) in [4.78, 5) is 40.1. The molecule has 1 unspecified atom stereocenters. The van der Waals surface area contributed by atoms with Crippen LogP contribution in [0.2, 0.25) is 0 Å². The summed E-state index contributed by atoms with van der Waals surface area (Å²) in [6, 6.07) is 10.6. The van der Waals surface area contributed by atoms with Crippen LogP contribution in [-0.4, -0.2) is 47.0 Å². The van der Waals surface area contributed by atoms with Gasteiger partial charge >= 0.3 is 0 Å². The van der Waals surface area contributed by atoms with Gasteiger partial charge in [0.2, 0.25) is 11.8 Å². The summed E-state index contributed by atoms with van der Waals surface area (Å²) in [7, 11) is 1.60. The van der Waals surface area contributed by atoms with Gasteiger partial charge < -0.3 is 9.15 Å². The first kappa shape index (κ1) is 20.5. The molecule has 2 fully saturated rings. The lowest BCUT2D eigenvalue weighted by atomic mass is 9.84. The van der Waals surface area contributed by atoms with Crippen LogP contribution in [0, 0.1) is 5.41 Å². The molecule has 2 aliphatic heterocycles. The number of imide groups is 1. The van der Waals surface area contributed by atoms with E-state index in [-0.39, 0.29) is 24.8 Å². The Morgan fingerprint density at radius 1 is 1.19 bits per heavy atom. The average molecular weight is 435 g/mol. The molecule has 1 saturated heterocycles. The molecule has 3 amide bonds. The highest BCUT2D eigenvalue weighted by Gasteiger charge is 2.53. The first-order valence-corrected chi connectivity index (χ1v) is 10.9. The molecular formula is C24H25N3O5. The van der Waals surface area contributed by atoms with Crippen molar-refractivity contribution in [2.24, 2.45) is 10.5 Å². The number of furan rings is 1. The monoisotopic (exact) mass is 435 g/mol. The van der Waals surface area contributed by atoms with Crippen molar-refractivity contribution in [3.8, 4) is 5.75 Å². The van der Waals surface area contributed by atoms with E-state index in [9.17, 15) is 14.4 Å². The number of nitrogens with zero attached hydrogens (tertiary/aromatic N) is 3. The lowest BCUT2D eigenvalue weighted by Crippen LogP contribution is -2.42. The van der Waals surface area contributed by atoms with E-state index in [1.54, 1.807) is 25.5 Å². The summed E-state index contributed by atoms with van der Waals surface area (Å²) >= 11 is 0. The van der Waals surface area contributed by atoms with Gasteiger partial charge in [0, 0.05) is 12.8 Å². The minimum atomic E-state index is -0.597. The Balaban J connectivity index is 1.39. The van der Waals surface area contributed by atoms with Crippen molar-refractivity contribution in [2.45, 2.75) is 44.6 Å². The minimum absolute atomic E-state index is 0.207. The maximum Gasteiger partial charge on any atom is 0.263 e. The van der Waals surface area contributed by atoms with Crippen LogP contribution in [0.3, 0.4) is 0 Å². The van der Waals surface area contributed by atoms with E-state index in [0.29, 0.717) is 12.2 Å². The van der Waals surface area contributed by atoms with E-state index in [1.165, 1.54) is 5.01 Å². The number of hydrogen-bond donors (Lipinski definition) is 0. The van der Waals surface area contributed by atoms with Gasteiger partial charge in [-0.2, -0.15) is 5.10 Å². The van der Waals surface area contributed by atoms with Crippen LogP contribution in [0.5, 0.6) is 5.75 Å². The number of benzene rings is 1. The number of methoxy groups -OCH3 is 1. The fourth-order valence-corrected chi connectivity index (χ4v) is 5.07. The standard InChI is InChI=1S/C24H25N3O5/c1-31-17-8-6-16(7-9-17)18-13-19(20-5-4-12-32-20)27(25-18)22(29)15-26-21(28)14-24(23(26)30)10-2-3-11-24/h4-9,12,19H,2-3,10-11,13-15H2,1H3. The SMILES string of the molecule is COc1ccc(C2=NN(C(=O)CN3C(=O)CC4(CCCC4)C3=O)C(c3ccco3)C2)cc1. The Kier molecular flexibility index (Phi) is 5.07. The zero-order chi connectivity index (χ0) is 22.3. The molecular weight excluding hydrogens is 410 g/mol. The Morgan fingerprint density at radius 3 is 2.59 bits per heavy atom. The molecule has 3 aliphatic rings. The van der Waals surface area contributed by atoms with Gasteiger partial charge in [-0.15, -0.1) is 0 Å². The third kappa shape index (κ3) is 3.39. The van der Waals surface area contributed by atoms with E-state index in [1.807, 2.05) is 24.3 Å². The molecule has 1 aromatic heterocycles. The second-order valence-corrected chi connectivity index (χ2v) is 8.70. The van der Waals surface area contributed by atoms with E-state index in [2.05, 4.69) is 5.10 Å². The molecule has 3 heterocycles. The molecule has 1 aromatic carbocycles. The van der Waals surface area contributed by atoms with Crippen LogP contribution in [0.25, 0.3) is 0 Å². The average Bonchev–Trinajstić information content (AvgIpc) is 3.59. The molecule has 8 nitrogen and oxygen atoms in total. The third-order valence-corrected chi connectivity index (χ3v) is 6.80. The fourth-order valence-electron chi connectivity index (χ4n) is 5.07. The van der Waals surface area contributed by atoms with E-state index >= 15 is 0 Å². The molecule has 1 atom stereocenters. The van der Waals surface area contributed by atoms with Crippen LogP contribution >= 0.6 is 0 Å². The number of rotatable bonds is 5. The van der Waals surface area contributed by atoms with Gasteiger partial charge in [-0.3, -0.25) is 19.3 Å². The van der Waals surface area contributed by atoms with Crippen molar-refractivity contribution in [3.05, 3.63) is 54.0 Å². The normalized spacial score (nSPS) is 22.2. The van der Waals surface area contributed by atoms with Gasteiger partial charge in [-0.1, -0.05) is 12.8 Å². The Labute approximate surface area is 185 Å². The second kappa shape index (κ2) is 7.93. The van der Waals surface area contributed by atoms with Gasteiger partial charge in [0.15, 0.2) is 0 Å². The van der Waals surface area contributed by atoms with Gasteiger partial charge in [-0.05, 0) is 54.8 Å². The first-order chi connectivity index (χ1) is 15.5. The van der Waals surface area contributed by atoms with Gasteiger partial charge in [0.25, 0.3) is 5.91 Å². The van der Waals surface area contributed by atoms with Gasteiger partial charge in [0.1, 0.15) is 24.1 Å². The van der Waals surface area contributed by atoms with Crippen molar-refractivity contribution in [3.63, 3.8) is 0 Å². The summed E-state index contributed by atoms with van der Waals surface area (Å²) in [5, 5.41) is 5.94. The predicted molar refractivity (Wildman–Crippen MR) is 115 cm³/mol. The predicted octanol–water partition coefficient (Wildman–Crippen LogP) is 3.29. The van der Waals surface area contributed by atoms with E-state index < -0.39 is 17.4 Å². The molecule has 8 heteroatoms. The second-order valence-electron chi connectivity index (χ2n) is 8.70.